The van der Waals surface area contributed by atoms with E-state index in [-0.39, 0.29) is 0 Å². The van der Waals surface area contributed by atoms with Crippen molar-refractivity contribution in [1.82, 2.24) is 0 Å². The molecule has 0 aliphatic heterocycles. The molecule has 1 aliphatic rings. The van der Waals surface area contributed by atoms with Gasteiger partial charge in [0.1, 0.15) is 0 Å². The highest BCUT2D eigenvalue weighted by Crippen LogP contribution is 2.39. The minimum Gasteiger partial charge on any atom is -0.382 e. The van der Waals surface area contributed by atoms with Crippen LogP contribution in [0.25, 0.3) is 0 Å². The predicted octanol–water partition coefficient (Wildman–Crippen LogP) is 3.01. The molecule has 0 atom stereocenters. The predicted molar refractivity (Wildman–Crippen MR) is 58.5 cm³/mol. The average Bonchev–Trinajstić information content (AvgIpc) is 2.22. The largest absolute Gasteiger partial charge is 0.382 e. The second kappa shape index (κ2) is 5.72. The Morgan fingerprint density at radius 2 is 1.86 bits per heavy atom. The van der Waals surface area contributed by atoms with Crippen molar-refractivity contribution in [2.75, 3.05) is 20.3 Å². The molecule has 2 nitrogen and oxygen atoms in total. The van der Waals surface area contributed by atoms with E-state index in [4.69, 9.17) is 9.47 Å². The van der Waals surface area contributed by atoms with Crippen LogP contribution in [0.5, 0.6) is 0 Å². The summed E-state index contributed by atoms with van der Waals surface area (Å²) in [6, 6.07) is 0. The Hall–Kier alpha value is -0.0800. The Kier molecular flexibility index (Phi) is 4.90. The van der Waals surface area contributed by atoms with Crippen molar-refractivity contribution in [1.29, 1.82) is 0 Å². The second-order valence-electron chi connectivity index (χ2n) is 4.73. The number of ether oxygens (including phenoxy) is 2. The zero-order valence-electron chi connectivity index (χ0n) is 9.84. The van der Waals surface area contributed by atoms with Crippen molar-refractivity contribution in [3.63, 3.8) is 0 Å². The molecule has 1 rings (SSSR count). The summed E-state index contributed by atoms with van der Waals surface area (Å²) < 4.78 is 10.7. The van der Waals surface area contributed by atoms with Crippen LogP contribution in [0.1, 0.15) is 46.0 Å². The highest BCUT2D eigenvalue weighted by molar-refractivity contribution is 4.81. The van der Waals surface area contributed by atoms with Crippen molar-refractivity contribution < 1.29 is 9.47 Å². The summed E-state index contributed by atoms with van der Waals surface area (Å²) in [6.07, 6.45) is 6.90. The maximum absolute atomic E-state index is 5.74. The van der Waals surface area contributed by atoms with E-state index in [0.717, 1.165) is 13.2 Å². The van der Waals surface area contributed by atoms with Crippen molar-refractivity contribution in [2.45, 2.75) is 52.1 Å². The molecular formula is C12H24O2. The molecule has 0 spiro atoms. The highest BCUT2D eigenvalue weighted by Gasteiger charge is 2.29. The van der Waals surface area contributed by atoms with Gasteiger partial charge in [0, 0.05) is 7.11 Å². The quantitative estimate of drug-likeness (QED) is 0.635. The first-order valence-corrected chi connectivity index (χ1v) is 5.81. The van der Waals surface area contributed by atoms with Crippen molar-refractivity contribution in [3.05, 3.63) is 0 Å². The van der Waals surface area contributed by atoms with Crippen LogP contribution in [0.3, 0.4) is 0 Å². The van der Waals surface area contributed by atoms with Crippen LogP contribution in [0.4, 0.5) is 0 Å². The van der Waals surface area contributed by atoms with Crippen molar-refractivity contribution in [2.24, 2.45) is 5.41 Å². The van der Waals surface area contributed by atoms with Gasteiger partial charge in [-0.1, -0.05) is 20.3 Å². The molecule has 0 saturated heterocycles. The molecule has 0 heterocycles. The second-order valence-corrected chi connectivity index (χ2v) is 4.73. The number of rotatable bonds is 5. The van der Waals surface area contributed by atoms with Crippen LogP contribution in [0.2, 0.25) is 0 Å². The van der Waals surface area contributed by atoms with E-state index in [0.29, 0.717) is 11.5 Å². The minimum atomic E-state index is 0.491. The lowest BCUT2D eigenvalue weighted by molar-refractivity contribution is -0.0206. The molecule has 0 amide bonds. The van der Waals surface area contributed by atoms with Gasteiger partial charge in [0.2, 0.25) is 0 Å². The van der Waals surface area contributed by atoms with Gasteiger partial charge < -0.3 is 9.47 Å². The third-order valence-electron chi connectivity index (χ3n) is 3.63. The molecule has 1 fully saturated rings. The maximum atomic E-state index is 5.74. The van der Waals surface area contributed by atoms with E-state index in [1.165, 1.54) is 32.1 Å². The van der Waals surface area contributed by atoms with E-state index in [1.54, 1.807) is 7.11 Å². The zero-order valence-corrected chi connectivity index (χ0v) is 9.84. The highest BCUT2D eigenvalue weighted by atomic mass is 16.5. The lowest BCUT2D eigenvalue weighted by atomic mass is 9.73. The Morgan fingerprint density at radius 1 is 1.21 bits per heavy atom. The van der Waals surface area contributed by atoms with Crippen molar-refractivity contribution >= 4 is 0 Å². The number of hydrogen-bond donors (Lipinski definition) is 0. The van der Waals surface area contributed by atoms with Crippen LogP contribution < -0.4 is 0 Å². The molecule has 0 aromatic carbocycles. The van der Waals surface area contributed by atoms with Crippen LogP contribution in [-0.4, -0.2) is 26.4 Å². The molecule has 2 heteroatoms. The molecule has 1 aliphatic carbocycles. The normalized spacial score (nSPS) is 33.2. The fraction of sp³-hybridized carbons (Fsp3) is 1.00. The molecule has 84 valence electrons. The van der Waals surface area contributed by atoms with E-state index in [2.05, 4.69) is 13.8 Å². The first kappa shape index (κ1) is 12.0. The van der Waals surface area contributed by atoms with Crippen LogP contribution in [0, 0.1) is 5.41 Å². The Labute approximate surface area is 88.0 Å². The molecule has 0 bridgehead atoms. The summed E-state index contributed by atoms with van der Waals surface area (Å²) in [4.78, 5) is 0. The molecule has 0 aromatic heterocycles. The standard InChI is InChI=1S/C12H24O2/c1-4-12(2)7-5-11(6-8-12)14-10-9-13-3/h11H,4-10H2,1-3H3. The van der Waals surface area contributed by atoms with E-state index in [1.807, 2.05) is 0 Å². The summed E-state index contributed by atoms with van der Waals surface area (Å²) in [6.45, 7) is 6.18. The van der Waals surface area contributed by atoms with E-state index in [9.17, 15) is 0 Å². The topological polar surface area (TPSA) is 18.5 Å². The average molecular weight is 200 g/mol. The first-order chi connectivity index (χ1) is 6.70. The van der Waals surface area contributed by atoms with Crippen LogP contribution in [0.15, 0.2) is 0 Å². The maximum Gasteiger partial charge on any atom is 0.0704 e. The van der Waals surface area contributed by atoms with Crippen molar-refractivity contribution in [3.8, 4) is 0 Å². The van der Waals surface area contributed by atoms with Gasteiger partial charge in [-0.15, -0.1) is 0 Å². The summed E-state index contributed by atoms with van der Waals surface area (Å²) in [5.74, 6) is 0. The smallest absolute Gasteiger partial charge is 0.0704 e. The molecular weight excluding hydrogens is 176 g/mol. The van der Waals surface area contributed by atoms with Gasteiger partial charge in [-0.25, -0.2) is 0 Å². The molecule has 0 radical (unpaired) electrons. The van der Waals surface area contributed by atoms with Crippen LogP contribution >= 0.6 is 0 Å². The fourth-order valence-corrected chi connectivity index (χ4v) is 2.11. The van der Waals surface area contributed by atoms with Gasteiger partial charge in [0.15, 0.2) is 0 Å². The summed E-state index contributed by atoms with van der Waals surface area (Å²) in [5.41, 5.74) is 0.584. The Balaban J connectivity index is 2.15. The first-order valence-electron chi connectivity index (χ1n) is 5.81. The molecule has 1 saturated carbocycles. The van der Waals surface area contributed by atoms with Gasteiger partial charge in [0.25, 0.3) is 0 Å². The lowest BCUT2D eigenvalue weighted by Crippen LogP contribution is -2.28. The summed E-state index contributed by atoms with van der Waals surface area (Å²) in [7, 11) is 1.72. The fourth-order valence-electron chi connectivity index (χ4n) is 2.11. The lowest BCUT2D eigenvalue weighted by Gasteiger charge is -2.36. The Morgan fingerprint density at radius 3 is 2.36 bits per heavy atom. The van der Waals surface area contributed by atoms with E-state index >= 15 is 0 Å². The molecule has 14 heavy (non-hydrogen) atoms. The monoisotopic (exact) mass is 200 g/mol. The summed E-state index contributed by atoms with van der Waals surface area (Å²) >= 11 is 0. The van der Waals surface area contributed by atoms with Gasteiger partial charge in [0.05, 0.1) is 19.3 Å². The van der Waals surface area contributed by atoms with Crippen LogP contribution in [-0.2, 0) is 9.47 Å². The zero-order chi connectivity index (χ0) is 10.4. The SMILES string of the molecule is CCC1(C)CCC(OCCOC)CC1. The van der Waals surface area contributed by atoms with Gasteiger partial charge in [-0.05, 0) is 31.1 Å². The van der Waals surface area contributed by atoms with E-state index < -0.39 is 0 Å². The number of hydrogen-bond acceptors (Lipinski definition) is 2. The van der Waals surface area contributed by atoms with Gasteiger partial charge in [-0.3, -0.25) is 0 Å². The third kappa shape index (κ3) is 3.58. The van der Waals surface area contributed by atoms with Gasteiger partial charge in [-0.2, -0.15) is 0 Å². The number of methoxy groups -OCH3 is 1. The third-order valence-corrected chi connectivity index (χ3v) is 3.63. The Bertz CT molecular complexity index is 148. The minimum absolute atomic E-state index is 0.491. The summed E-state index contributed by atoms with van der Waals surface area (Å²) in [5, 5.41) is 0. The molecule has 0 aromatic rings. The molecule has 0 unspecified atom stereocenters. The molecule has 0 N–H and O–H groups in total. The van der Waals surface area contributed by atoms with Gasteiger partial charge >= 0.3 is 0 Å².